The van der Waals surface area contributed by atoms with E-state index in [4.69, 9.17) is 9.84 Å². The van der Waals surface area contributed by atoms with Gasteiger partial charge in [-0.3, -0.25) is 0 Å². The Labute approximate surface area is 118 Å². The first-order valence-corrected chi connectivity index (χ1v) is 6.16. The van der Waals surface area contributed by atoms with Crippen LogP contribution in [0.15, 0.2) is 24.3 Å². The van der Waals surface area contributed by atoms with Crippen molar-refractivity contribution in [1.82, 2.24) is 10.2 Å². The van der Waals surface area contributed by atoms with Crippen molar-refractivity contribution in [2.75, 3.05) is 14.2 Å². The molecule has 0 unspecified atom stereocenters. The number of ether oxygens (including phenoxy) is 1. The fraction of sp³-hybridized carbons (Fsp3) is 0.429. The molecule has 0 radical (unpaired) electrons. The number of methoxy groups -OCH3 is 1. The Hall–Kier alpha value is -2.24. The number of benzene rings is 1. The predicted molar refractivity (Wildman–Crippen MR) is 74.7 cm³/mol. The van der Waals surface area contributed by atoms with Crippen LogP contribution in [0.2, 0.25) is 0 Å². The standard InChI is InChI=1S/C14H20N2O4/c1-14(2,12(17)18)15-13(19)16(3)9-10-5-7-11(20-4)8-6-10/h5-8H,9H2,1-4H3,(H,15,19)(H,17,18). The van der Waals surface area contributed by atoms with Gasteiger partial charge in [0, 0.05) is 13.6 Å². The van der Waals surface area contributed by atoms with Crippen molar-refractivity contribution in [1.29, 1.82) is 0 Å². The molecule has 0 heterocycles. The lowest BCUT2D eigenvalue weighted by molar-refractivity contribution is -0.143. The maximum absolute atomic E-state index is 11.9. The van der Waals surface area contributed by atoms with Crippen LogP contribution in [-0.4, -0.2) is 41.7 Å². The van der Waals surface area contributed by atoms with Gasteiger partial charge in [-0.05, 0) is 31.5 Å². The van der Waals surface area contributed by atoms with E-state index in [0.717, 1.165) is 11.3 Å². The van der Waals surface area contributed by atoms with E-state index in [9.17, 15) is 9.59 Å². The molecule has 0 spiro atoms. The first-order valence-electron chi connectivity index (χ1n) is 6.16. The summed E-state index contributed by atoms with van der Waals surface area (Å²) in [5.41, 5.74) is -0.373. The fourth-order valence-corrected chi connectivity index (χ4v) is 1.49. The van der Waals surface area contributed by atoms with E-state index in [-0.39, 0.29) is 0 Å². The third-order valence-corrected chi connectivity index (χ3v) is 2.88. The van der Waals surface area contributed by atoms with Crippen molar-refractivity contribution in [3.05, 3.63) is 29.8 Å². The molecular weight excluding hydrogens is 260 g/mol. The number of amides is 2. The second-order valence-corrected chi connectivity index (χ2v) is 5.06. The Morgan fingerprint density at radius 2 is 1.85 bits per heavy atom. The summed E-state index contributed by atoms with van der Waals surface area (Å²) < 4.78 is 5.06. The highest BCUT2D eigenvalue weighted by atomic mass is 16.5. The summed E-state index contributed by atoms with van der Waals surface area (Å²) in [6, 6.07) is 6.88. The lowest BCUT2D eigenvalue weighted by atomic mass is 10.1. The SMILES string of the molecule is COc1ccc(CN(C)C(=O)NC(C)(C)C(=O)O)cc1. The number of hydrogen-bond acceptors (Lipinski definition) is 3. The van der Waals surface area contributed by atoms with Gasteiger partial charge in [0.15, 0.2) is 0 Å². The molecular formula is C14H20N2O4. The van der Waals surface area contributed by atoms with E-state index in [1.165, 1.54) is 18.7 Å². The summed E-state index contributed by atoms with van der Waals surface area (Å²) in [4.78, 5) is 24.3. The average Bonchev–Trinajstić information content (AvgIpc) is 2.38. The van der Waals surface area contributed by atoms with Gasteiger partial charge in [0.25, 0.3) is 0 Å². The number of rotatable bonds is 5. The summed E-state index contributed by atoms with van der Waals surface area (Å²) in [6.45, 7) is 3.26. The maximum Gasteiger partial charge on any atom is 0.328 e. The van der Waals surface area contributed by atoms with Crippen molar-refractivity contribution >= 4 is 12.0 Å². The molecule has 1 rings (SSSR count). The van der Waals surface area contributed by atoms with Gasteiger partial charge in [-0.2, -0.15) is 0 Å². The largest absolute Gasteiger partial charge is 0.497 e. The molecule has 0 saturated carbocycles. The van der Waals surface area contributed by atoms with Crippen LogP contribution in [0, 0.1) is 0 Å². The molecule has 0 aliphatic carbocycles. The van der Waals surface area contributed by atoms with Crippen LogP contribution in [0.1, 0.15) is 19.4 Å². The Morgan fingerprint density at radius 1 is 1.30 bits per heavy atom. The van der Waals surface area contributed by atoms with Crippen LogP contribution in [0.3, 0.4) is 0 Å². The van der Waals surface area contributed by atoms with E-state index in [0.29, 0.717) is 6.54 Å². The quantitative estimate of drug-likeness (QED) is 0.860. The molecule has 6 nitrogen and oxygen atoms in total. The number of urea groups is 1. The minimum Gasteiger partial charge on any atom is -0.497 e. The van der Waals surface area contributed by atoms with Gasteiger partial charge < -0.3 is 20.1 Å². The third kappa shape index (κ3) is 4.15. The van der Waals surface area contributed by atoms with Crippen molar-refractivity contribution in [2.45, 2.75) is 25.9 Å². The van der Waals surface area contributed by atoms with Crippen molar-refractivity contribution in [3.8, 4) is 5.75 Å². The number of carboxylic acid groups (broad SMARTS) is 1. The second-order valence-electron chi connectivity index (χ2n) is 5.06. The molecule has 0 saturated heterocycles. The number of nitrogens with one attached hydrogen (secondary N) is 1. The average molecular weight is 280 g/mol. The van der Waals surface area contributed by atoms with Crippen molar-refractivity contribution in [2.24, 2.45) is 0 Å². The van der Waals surface area contributed by atoms with Crippen LogP contribution in [-0.2, 0) is 11.3 Å². The molecule has 6 heteroatoms. The Balaban J connectivity index is 2.63. The first-order chi connectivity index (χ1) is 9.26. The summed E-state index contributed by atoms with van der Waals surface area (Å²) in [5, 5.41) is 11.4. The van der Waals surface area contributed by atoms with E-state index in [1.807, 2.05) is 24.3 Å². The highest BCUT2D eigenvalue weighted by molar-refractivity contribution is 5.85. The van der Waals surface area contributed by atoms with E-state index in [2.05, 4.69) is 5.32 Å². The maximum atomic E-state index is 11.9. The third-order valence-electron chi connectivity index (χ3n) is 2.88. The highest BCUT2D eigenvalue weighted by Gasteiger charge is 2.30. The lowest BCUT2D eigenvalue weighted by Gasteiger charge is -2.25. The number of carboxylic acids is 1. The summed E-state index contributed by atoms with van der Waals surface area (Å²) >= 11 is 0. The minimum absolute atomic E-state index is 0.380. The normalized spacial score (nSPS) is 10.8. The van der Waals surface area contributed by atoms with Crippen LogP contribution in [0.5, 0.6) is 5.75 Å². The highest BCUT2D eigenvalue weighted by Crippen LogP contribution is 2.13. The number of carbonyl (C=O) groups is 2. The fourth-order valence-electron chi connectivity index (χ4n) is 1.49. The van der Waals surface area contributed by atoms with E-state index < -0.39 is 17.5 Å². The zero-order chi connectivity index (χ0) is 15.3. The molecule has 2 N–H and O–H groups in total. The smallest absolute Gasteiger partial charge is 0.328 e. The van der Waals surface area contributed by atoms with Crippen LogP contribution in [0.25, 0.3) is 0 Å². The molecule has 1 aromatic rings. The summed E-state index contributed by atoms with van der Waals surface area (Å²) in [5.74, 6) is -0.337. The molecule has 20 heavy (non-hydrogen) atoms. The van der Waals surface area contributed by atoms with E-state index in [1.54, 1.807) is 14.2 Å². The van der Waals surface area contributed by atoms with Gasteiger partial charge in [-0.15, -0.1) is 0 Å². The molecule has 0 aliphatic heterocycles. The van der Waals surface area contributed by atoms with Gasteiger partial charge in [-0.1, -0.05) is 12.1 Å². The lowest BCUT2D eigenvalue weighted by Crippen LogP contribution is -2.53. The van der Waals surface area contributed by atoms with Gasteiger partial charge in [-0.25, -0.2) is 9.59 Å². The number of hydrogen-bond donors (Lipinski definition) is 2. The number of carbonyl (C=O) groups excluding carboxylic acids is 1. The van der Waals surface area contributed by atoms with Gasteiger partial charge in [0.2, 0.25) is 0 Å². The number of aliphatic carboxylic acids is 1. The van der Waals surface area contributed by atoms with Crippen molar-refractivity contribution in [3.63, 3.8) is 0 Å². The molecule has 0 aliphatic rings. The first kappa shape index (κ1) is 15.8. The van der Waals surface area contributed by atoms with Crippen LogP contribution >= 0.6 is 0 Å². The monoisotopic (exact) mass is 280 g/mol. The second kappa shape index (κ2) is 6.27. The molecule has 0 fully saturated rings. The Morgan fingerprint density at radius 3 is 2.30 bits per heavy atom. The minimum atomic E-state index is -1.30. The molecule has 0 atom stereocenters. The number of nitrogens with zero attached hydrogens (tertiary/aromatic N) is 1. The van der Waals surface area contributed by atoms with Crippen LogP contribution in [0.4, 0.5) is 4.79 Å². The van der Waals surface area contributed by atoms with E-state index >= 15 is 0 Å². The van der Waals surface area contributed by atoms with Gasteiger partial charge in [0.05, 0.1) is 7.11 Å². The zero-order valence-corrected chi connectivity index (χ0v) is 12.1. The Kier molecular flexibility index (Phi) is 4.96. The van der Waals surface area contributed by atoms with Gasteiger partial charge >= 0.3 is 12.0 Å². The Bertz CT molecular complexity index is 482. The van der Waals surface area contributed by atoms with Gasteiger partial charge in [0.1, 0.15) is 11.3 Å². The van der Waals surface area contributed by atoms with Crippen LogP contribution < -0.4 is 10.1 Å². The predicted octanol–water partition coefficient (Wildman–Crippen LogP) is 1.70. The topological polar surface area (TPSA) is 78.9 Å². The van der Waals surface area contributed by atoms with Crippen molar-refractivity contribution < 1.29 is 19.4 Å². The summed E-state index contributed by atoms with van der Waals surface area (Å²) in [6.07, 6.45) is 0. The molecule has 0 aromatic heterocycles. The molecule has 1 aromatic carbocycles. The molecule has 110 valence electrons. The molecule has 0 bridgehead atoms. The molecule has 2 amide bonds. The zero-order valence-electron chi connectivity index (χ0n) is 12.1. The summed E-state index contributed by atoms with van der Waals surface area (Å²) in [7, 11) is 3.19.